The Hall–Kier alpha value is -2.81. The molecule has 0 saturated heterocycles. The summed E-state index contributed by atoms with van der Waals surface area (Å²) in [4.78, 5) is 7.99. The monoisotopic (exact) mass is 290 g/mol. The van der Waals surface area contributed by atoms with E-state index in [0.717, 1.165) is 40.2 Å². The van der Waals surface area contributed by atoms with Gasteiger partial charge in [-0.3, -0.25) is 0 Å². The summed E-state index contributed by atoms with van der Waals surface area (Å²) >= 11 is 0. The molecule has 3 aromatic rings. The van der Waals surface area contributed by atoms with Crippen molar-refractivity contribution in [1.29, 1.82) is 0 Å². The molecule has 0 unspecified atom stereocenters. The number of H-pyrrole nitrogens is 1. The first-order valence-corrected chi connectivity index (χ1v) is 7.24. The SMILES string of the molecule is C=CCOc1ccc(-c2nc3ccccc3[nH]2)cc1CC=C. The summed E-state index contributed by atoms with van der Waals surface area (Å²) in [6.07, 6.45) is 4.36. The van der Waals surface area contributed by atoms with Crippen LogP contribution in [0.2, 0.25) is 0 Å². The molecule has 2 aromatic carbocycles. The lowest BCUT2D eigenvalue weighted by molar-refractivity contribution is 0.360. The molecule has 0 fully saturated rings. The van der Waals surface area contributed by atoms with Crippen LogP contribution >= 0.6 is 0 Å². The molecule has 22 heavy (non-hydrogen) atoms. The number of benzene rings is 2. The number of fused-ring (bicyclic) bond motifs is 1. The number of aromatic amines is 1. The molecule has 3 heteroatoms. The summed E-state index contributed by atoms with van der Waals surface area (Å²) in [7, 11) is 0. The van der Waals surface area contributed by atoms with Gasteiger partial charge in [0.05, 0.1) is 11.0 Å². The van der Waals surface area contributed by atoms with Crippen LogP contribution in [0.4, 0.5) is 0 Å². The van der Waals surface area contributed by atoms with Crippen LogP contribution in [0, 0.1) is 0 Å². The van der Waals surface area contributed by atoms with Gasteiger partial charge in [0, 0.05) is 5.56 Å². The van der Waals surface area contributed by atoms with Gasteiger partial charge in [0.2, 0.25) is 0 Å². The number of para-hydroxylation sites is 2. The summed E-state index contributed by atoms with van der Waals surface area (Å²) in [6, 6.07) is 14.1. The van der Waals surface area contributed by atoms with Crippen molar-refractivity contribution < 1.29 is 4.74 Å². The Morgan fingerprint density at radius 2 is 1.95 bits per heavy atom. The Bertz CT molecular complexity index is 784. The van der Waals surface area contributed by atoms with Crippen LogP contribution in [0.3, 0.4) is 0 Å². The van der Waals surface area contributed by atoms with Crippen LogP contribution in [-0.4, -0.2) is 16.6 Å². The second kappa shape index (κ2) is 6.31. The van der Waals surface area contributed by atoms with Crippen molar-refractivity contribution in [3.63, 3.8) is 0 Å². The fourth-order valence-corrected chi connectivity index (χ4v) is 2.42. The van der Waals surface area contributed by atoms with E-state index in [1.54, 1.807) is 6.08 Å². The standard InChI is InChI=1S/C19H18N2O/c1-3-7-14-13-15(10-11-18(14)22-12-4-2)19-20-16-8-5-6-9-17(16)21-19/h3-6,8-11,13H,1-2,7,12H2,(H,20,21). The molecule has 0 saturated carbocycles. The first kappa shape index (κ1) is 14.1. The molecule has 0 spiro atoms. The van der Waals surface area contributed by atoms with E-state index in [1.165, 1.54) is 0 Å². The lowest BCUT2D eigenvalue weighted by Crippen LogP contribution is -1.97. The zero-order valence-electron chi connectivity index (χ0n) is 12.4. The third-order valence-electron chi connectivity index (χ3n) is 3.44. The topological polar surface area (TPSA) is 37.9 Å². The van der Waals surface area contributed by atoms with Crippen LogP contribution in [-0.2, 0) is 6.42 Å². The minimum atomic E-state index is 0.494. The van der Waals surface area contributed by atoms with E-state index in [0.29, 0.717) is 6.61 Å². The molecule has 3 rings (SSSR count). The zero-order valence-corrected chi connectivity index (χ0v) is 12.4. The van der Waals surface area contributed by atoms with Crippen LogP contribution < -0.4 is 4.74 Å². The average molecular weight is 290 g/mol. The second-order valence-corrected chi connectivity index (χ2v) is 5.02. The highest BCUT2D eigenvalue weighted by Gasteiger charge is 2.09. The lowest BCUT2D eigenvalue weighted by Gasteiger charge is -2.10. The Morgan fingerprint density at radius 1 is 1.09 bits per heavy atom. The number of rotatable bonds is 6. The quantitative estimate of drug-likeness (QED) is 0.678. The third-order valence-corrected chi connectivity index (χ3v) is 3.44. The van der Waals surface area contributed by atoms with E-state index in [4.69, 9.17) is 4.74 Å². The maximum atomic E-state index is 5.69. The first-order valence-electron chi connectivity index (χ1n) is 7.24. The van der Waals surface area contributed by atoms with E-state index in [1.807, 2.05) is 42.5 Å². The van der Waals surface area contributed by atoms with Gasteiger partial charge >= 0.3 is 0 Å². The van der Waals surface area contributed by atoms with E-state index < -0.39 is 0 Å². The molecule has 0 atom stereocenters. The Labute approximate surface area is 130 Å². The summed E-state index contributed by atoms with van der Waals surface area (Å²) in [5.74, 6) is 1.72. The number of hydrogen-bond acceptors (Lipinski definition) is 2. The summed E-state index contributed by atoms with van der Waals surface area (Å²) in [6.45, 7) is 7.99. The normalized spacial score (nSPS) is 10.5. The van der Waals surface area contributed by atoms with Crippen molar-refractivity contribution >= 4 is 11.0 Å². The van der Waals surface area contributed by atoms with Crippen molar-refractivity contribution in [3.05, 3.63) is 73.3 Å². The van der Waals surface area contributed by atoms with Gasteiger partial charge in [0.15, 0.2) is 0 Å². The molecule has 110 valence electrons. The van der Waals surface area contributed by atoms with Gasteiger partial charge in [-0.15, -0.1) is 6.58 Å². The fraction of sp³-hybridized carbons (Fsp3) is 0.105. The fourth-order valence-electron chi connectivity index (χ4n) is 2.42. The maximum Gasteiger partial charge on any atom is 0.138 e. The van der Waals surface area contributed by atoms with E-state index in [-0.39, 0.29) is 0 Å². The van der Waals surface area contributed by atoms with E-state index in [2.05, 4.69) is 29.2 Å². The summed E-state index contributed by atoms with van der Waals surface area (Å²) in [5, 5.41) is 0. The number of nitrogens with zero attached hydrogens (tertiary/aromatic N) is 1. The van der Waals surface area contributed by atoms with Crippen LogP contribution in [0.1, 0.15) is 5.56 Å². The minimum Gasteiger partial charge on any atom is -0.489 e. The number of imidazole rings is 1. The molecule has 0 bridgehead atoms. The van der Waals surface area contributed by atoms with Crippen LogP contribution in [0.5, 0.6) is 5.75 Å². The van der Waals surface area contributed by atoms with E-state index in [9.17, 15) is 0 Å². The van der Waals surface area contributed by atoms with Gasteiger partial charge < -0.3 is 9.72 Å². The van der Waals surface area contributed by atoms with E-state index >= 15 is 0 Å². The van der Waals surface area contributed by atoms with Gasteiger partial charge in [0.1, 0.15) is 18.2 Å². The highest BCUT2D eigenvalue weighted by Crippen LogP contribution is 2.27. The molecular weight excluding hydrogens is 272 g/mol. The van der Waals surface area contributed by atoms with Gasteiger partial charge in [-0.05, 0) is 42.3 Å². The maximum absolute atomic E-state index is 5.69. The molecule has 0 amide bonds. The molecule has 1 N–H and O–H groups in total. The predicted octanol–water partition coefficient (Wildman–Crippen LogP) is 4.52. The average Bonchev–Trinajstić information content (AvgIpc) is 2.98. The first-order chi connectivity index (χ1) is 10.8. The number of ether oxygens (including phenoxy) is 1. The highest BCUT2D eigenvalue weighted by molar-refractivity contribution is 5.79. The van der Waals surface area contributed by atoms with Crippen molar-refractivity contribution in [2.24, 2.45) is 0 Å². The van der Waals surface area contributed by atoms with Crippen molar-refractivity contribution in [1.82, 2.24) is 9.97 Å². The van der Waals surface area contributed by atoms with Crippen molar-refractivity contribution in [2.75, 3.05) is 6.61 Å². The molecule has 0 aliphatic carbocycles. The van der Waals surface area contributed by atoms with Crippen LogP contribution in [0.15, 0.2) is 67.8 Å². The largest absolute Gasteiger partial charge is 0.489 e. The number of nitrogens with one attached hydrogen (secondary N) is 1. The van der Waals surface area contributed by atoms with Crippen molar-refractivity contribution in [3.8, 4) is 17.1 Å². The molecule has 0 radical (unpaired) electrons. The van der Waals surface area contributed by atoms with Gasteiger partial charge in [-0.25, -0.2) is 4.98 Å². The zero-order chi connectivity index (χ0) is 15.4. The molecule has 1 aromatic heterocycles. The molecule has 3 nitrogen and oxygen atoms in total. The summed E-state index contributed by atoms with van der Waals surface area (Å²) in [5.41, 5.74) is 4.14. The van der Waals surface area contributed by atoms with Crippen LogP contribution in [0.25, 0.3) is 22.4 Å². The smallest absolute Gasteiger partial charge is 0.138 e. The Morgan fingerprint density at radius 3 is 2.73 bits per heavy atom. The molecule has 0 aliphatic heterocycles. The third kappa shape index (κ3) is 2.79. The van der Waals surface area contributed by atoms with Gasteiger partial charge in [0.25, 0.3) is 0 Å². The Balaban J connectivity index is 2.01. The molecule has 0 aliphatic rings. The van der Waals surface area contributed by atoms with Gasteiger partial charge in [-0.2, -0.15) is 0 Å². The van der Waals surface area contributed by atoms with Crippen molar-refractivity contribution in [2.45, 2.75) is 6.42 Å². The predicted molar refractivity (Wildman–Crippen MR) is 91.1 cm³/mol. The number of aromatic nitrogens is 2. The molecular formula is C19H18N2O. The highest BCUT2D eigenvalue weighted by atomic mass is 16.5. The van der Waals surface area contributed by atoms with Gasteiger partial charge in [-0.1, -0.05) is 30.9 Å². The number of hydrogen-bond donors (Lipinski definition) is 1. The summed E-state index contributed by atoms with van der Waals surface area (Å²) < 4.78 is 5.69. The molecule has 1 heterocycles. The lowest BCUT2D eigenvalue weighted by atomic mass is 10.1. The Kier molecular flexibility index (Phi) is 4.05. The number of allylic oxidation sites excluding steroid dienone is 1. The minimum absolute atomic E-state index is 0.494. The second-order valence-electron chi connectivity index (χ2n) is 5.02.